The maximum Gasteiger partial charge on any atom is 0.313 e. The van der Waals surface area contributed by atoms with Gasteiger partial charge in [0.15, 0.2) is 11.5 Å². The van der Waals surface area contributed by atoms with Crippen molar-refractivity contribution < 1.29 is 23.5 Å². The van der Waals surface area contributed by atoms with Gasteiger partial charge in [-0.25, -0.2) is 4.39 Å². The van der Waals surface area contributed by atoms with Gasteiger partial charge in [0.05, 0.1) is 5.69 Å². The molecule has 0 saturated heterocycles. The molecule has 1 heterocycles. The molecule has 2 aromatic carbocycles. The van der Waals surface area contributed by atoms with Crippen LogP contribution in [0.4, 0.5) is 10.1 Å². The average molecular weight is 365 g/mol. The molecule has 25 heavy (non-hydrogen) atoms. The van der Waals surface area contributed by atoms with Crippen LogP contribution in [-0.4, -0.2) is 25.2 Å². The zero-order valence-corrected chi connectivity index (χ0v) is 13.7. The van der Waals surface area contributed by atoms with E-state index in [0.717, 1.165) is 11.6 Å². The van der Waals surface area contributed by atoms with E-state index in [0.29, 0.717) is 17.9 Å². The minimum atomic E-state index is -0.952. The van der Waals surface area contributed by atoms with Crippen LogP contribution in [0.3, 0.4) is 0 Å². The number of benzene rings is 2. The highest BCUT2D eigenvalue weighted by molar-refractivity contribution is 6.39. The molecule has 2 amide bonds. The molecule has 2 N–H and O–H groups in total. The van der Waals surface area contributed by atoms with Crippen molar-refractivity contribution in [2.75, 3.05) is 18.7 Å². The van der Waals surface area contributed by atoms with Crippen LogP contribution < -0.4 is 20.1 Å². The van der Waals surface area contributed by atoms with Gasteiger partial charge in [-0.1, -0.05) is 17.7 Å². The summed E-state index contributed by atoms with van der Waals surface area (Å²) in [5.41, 5.74) is 0.814. The number of anilines is 1. The van der Waals surface area contributed by atoms with Crippen LogP contribution in [0.2, 0.25) is 5.02 Å². The monoisotopic (exact) mass is 364 g/mol. The summed E-state index contributed by atoms with van der Waals surface area (Å²) < 4.78 is 24.1. The van der Waals surface area contributed by atoms with Gasteiger partial charge in [0, 0.05) is 11.6 Å². The molecule has 130 valence electrons. The number of nitrogens with one attached hydrogen (secondary N) is 2. The van der Waals surface area contributed by atoms with Crippen molar-refractivity contribution in [3.8, 4) is 11.5 Å². The predicted octanol–water partition coefficient (Wildman–Crippen LogP) is 2.51. The standard InChI is InChI=1S/C17H14ClFN2O4/c18-11-2-3-13(12(19)8-11)21-17(23)16(22)20-6-5-10-1-4-14-15(7-10)25-9-24-14/h1-4,7-8H,5-6,9H2,(H,20,22)(H,21,23). The largest absolute Gasteiger partial charge is 0.454 e. The zero-order valence-electron chi connectivity index (χ0n) is 13.0. The van der Waals surface area contributed by atoms with Gasteiger partial charge in [-0.15, -0.1) is 0 Å². The number of hydrogen-bond acceptors (Lipinski definition) is 4. The number of fused-ring (bicyclic) bond motifs is 1. The van der Waals surface area contributed by atoms with E-state index in [2.05, 4.69) is 10.6 Å². The molecule has 0 radical (unpaired) electrons. The summed E-state index contributed by atoms with van der Waals surface area (Å²) in [7, 11) is 0. The summed E-state index contributed by atoms with van der Waals surface area (Å²) in [4.78, 5) is 23.6. The zero-order chi connectivity index (χ0) is 17.8. The SMILES string of the molecule is O=C(NCCc1ccc2c(c1)OCO2)C(=O)Nc1ccc(Cl)cc1F. The first-order valence-corrected chi connectivity index (χ1v) is 7.83. The topological polar surface area (TPSA) is 76.7 Å². The first-order valence-electron chi connectivity index (χ1n) is 7.45. The number of amides is 2. The highest BCUT2D eigenvalue weighted by Gasteiger charge is 2.16. The Morgan fingerprint density at radius 3 is 2.68 bits per heavy atom. The van der Waals surface area contributed by atoms with Gasteiger partial charge < -0.3 is 20.1 Å². The fourth-order valence-electron chi connectivity index (χ4n) is 2.27. The van der Waals surface area contributed by atoms with Crippen LogP contribution in [0.5, 0.6) is 11.5 Å². The number of hydrogen-bond donors (Lipinski definition) is 2. The van der Waals surface area contributed by atoms with Gasteiger partial charge >= 0.3 is 11.8 Å². The normalized spacial score (nSPS) is 11.9. The third-order valence-corrected chi connectivity index (χ3v) is 3.76. The van der Waals surface area contributed by atoms with E-state index in [1.807, 2.05) is 12.1 Å². The number of carbonyl (C=O) groups is 2. The van der Waals surface area contributed by atoms with Crippen molar-refractivity contribution in [1.29, 1.82) is 0 Å². The summed E-state index contributed by atoms with van der Waals surface area (Å²) in [6, 6.07) is 9.21. The summed E-state index contributed by atoms with van der Waals surface area (Å²) in [5, 5.41) is 4.87. The lowest BCUT2D eigenvalue weighted by atomic mass is 10.1. The molecular weight excluding hydrogens is 351 g/mol. The molecule has 0 aliphatic carbocycles. The molecule has 6 nitrogen and oxygen atoms in total. The first-order chi connectivity index (χ1) is 12.0. The third kappa shape index (κ3) is 4.19. The first kappa shape index (κ1) is 17.0. The summed E-state index contributed by atoms with van der Waals surface area (Å²) in [5.74, 6) is -1.19. The van der Waals surface area contributed by atoms with E-state index in [9.17, 15) is 14.0 Å². The van der Waals surface area contributed by atoms with Crippen molar-refractivity contribution in [3.05, 3.63) is 52.8 Å². The van der Waals surface area contributed by atoms with Crippen molar-refractivity contribution in [2.45, 2.75) is 6.42 Å². The van der Waals surface area contributed by atoms with Crippen LogP contribution in [-0.2, 0) is 16.0 Å². The average Bonchev–Trinajstić information content (AvgIpc) is 3.05. The van der Waals surface area contributed by atoms with Crippen molar-refractivity contribution in [3.63, 3.8) is 0 Å². The Hall–Kier alpha value is -2.80. The van der Waals surface area contributed by atoms with E-state index in [1.165, 1.54) is 12.1 Å². The van der Waals surface area contributed by atoms with Crippen LogP contribution in [0.15, 0.2) is 36.4 Å². The summed E-state index contributed by atoms with van der Waals surface area (Å²) in [6.45, 7) is 0.436. The molecule has 0 aromatic heterocycles. The molecular formula is C17H14ClFN2O4. The highest BCUT2D eigenvalue weighted by atomic mass is 35.5. The van der Waals surface area contributed by atoms with E-state index < -0.39 is 17.6 Å². The minimum Gasteiger partial charge on any atom is -0.454 e. The molecule has 0 fully saturated rings. The quantitative estimate of drug-likeness (QED) is 0.817. The maximum atomic E-state index is 13.6. The second kappa shape index (κ2) is 7.40. The number of ether oxygens (including phenoxy) is 2. The summed E-state index contributed by atoms with van der Waals surface area (Å²) in [6.07, 6.45) is 0.505. The van der Waals surface area contributed by atoms with Crippen LogP contribution >= 0.6 is 11.6 Å². The highest BCUT2D eigenvalue weighted by Crippen LogP contribution is 2.32. The van der Waals surface area contributed by atoms with Crippen LogP contribution in [0.1, 0.15) is 5.56 Å². The van der Waals surface area contributed by atoms with Crippen molar-refractivity contribution in [2.24, 2.45) is 0 Å². The van der Waals surface area contributed by atoms with E-state index in [-0.39, 0.29) is 24.0 Å². The molecule has 1 aliphatic rings. The molecule has 2 aromatic rings. The minimum absolute atomic E-state index is 0.111. The Balaban J connectivity index is 1.49. The lowest BCUT2D eigenvalue weighted by molar-refractivity contribution is -0.136. The van der Waals surface area contributed by atoms with E-state index >= 15 is 0 Å². The van der Waals surface area contributed by atoms with Gasteiger partial charge in [0.2, 0.25) is 6.79 Å². The molecule has 8 heteroatoms. The second-order valence-electron chi connectivity index (χ2n) is 5.27. The van der Waals surface area contributed by atoms with E-state index in [1.54, 1.807) is 6.07 Å². The Labute approximate surface area is 147 Å². The molecule has 3 rings (SSSR count). The predicted molar refractivity (Wildman–Crippen MR) is 89.3 cm³/mol. The summed E-state index contributed by atoms with van der Waals surface area (Å²) >= 11 is 5.63. The van der Waals surface area contributed by atoms with Crippen molar-refractivity contribution in [1.82, 2.24) is 5.32 Å². The fourth-order valence-corrected chi connectivity index (χ4v) is 2.43. The van der Waals surface area contributed by atoms with Gasteiger partial charge in [-0.2, -0.15) is 0 Å². The fraction of sp³-hybridized carbons (Fsp3) is 0.176. The van der Waals surface area contributed by atoms with Gasteiger partial charge in [-0.05, 0) is 42.3 Å². The van der Waals surface area contributed by atoms with Crippen molar-refractivity contribution >= 4 is 29.1 Å². The Kier molecular flexibility index (Phi) is 5.04. The Morgan fingerprint density at radius 1 is 1.08 bits per heavy atom. The number of carbonyl (C=O) groups excluding carboxylic acids is 2. The molecule has 1 aliphatic heterocycles. The van der Waals surface area contributed by atoms with Gasteiger partial charge in [0.25, 0.3) is 0 Å². The Morgan fingerprint density at radius 2 is 1.88 bits per heavy atom. The second-order valence-corrected chi connectivity index (χ2v) is 5.71. The molecule has 0 unspecified atom stereocenters. The molecule has 0 bridgehead atoms. The van der Waals surface area contributed by atoms with Gasteiger partial charge in [-0.3, -0.25) is 9.59 Å². The lowest BCUT2D eigenvalue weighted by Crippen LogP contribution is -2.36. The maximum absolute atomic E-state index is 13.6. The molecule has 0 saturated carbocycles. The van der Waals surface area contributed by atoms with Gasteiger partial charge in [0.1, 0.15) is 5.82 Å². The van der Waals surface area contributed by atoms with E-state index in [4.69, 9.17) is 21.1 Å². The number of halogens is 2. The smallest absolute Gasteiger partial charge is 0.313 e. The number of rotatable bonds is 4. The molecule has 0 atom stereocenters. The van der Waals surface area contributed by atoms with Crippen LogP contribution in [0.25, 0.3) is 0 Å². The third-order valence-electron chi connectivity index (χ3n) is 3.52. The Bertz CT molecular complexity index is 828. The lowest BCUT2D eigenvalue weighted by Gasteiger charge is -2.08. The van der Waals surface area contributed by atoms with Crippen LogP contribution in [0, 0.1) is 5.82 Å². The molecule has 0 spiro atoms.